The average Bonchev–Trinajstić information content (AvgIpc) is 3.42. The van der Waals surface area contributed by atoms with Gasteiger partial charge in [0.2, 0.25) is 7.29 Å². The van der Waals surface area contributed by atoms with Gasteiger partial charge in [-0.2, -0.15) is 0 Å². The molecular weight excluding hydrogens is 405 g/mol. The molecule has 31 heavy (non-hydrogen) atoms. The highest BCUT2D eigenvalue weighted by Gasteiger charge is 2.59. The lowest BCUT2D eigenvalue weighted by Crippen LogP contribution is -2.39. The van der Waals surface area contributed by atoms with Gasteiger partial charge in [0.25, 0.3) is 0 Å². The van der Waals surface area contributed by atoms with Crippen LogP contribution in [0.5, 0.6) is 0 Å². The molecule has 1 aromatic heterocycles. The highest BCUT2D eigenvalue weighted by Crippen LogP contribution is 2.72. The molecule has 158 valence electrons. The summed E-state index contributed by atoms with van der Waals surface area (Å²) in [6.07, 6.45) is 6.90. The number of nitrogens with zero attached hydrogens (tertiary/aromatic N) is 1. The van der Waals surface area contributed by atoms with Gasteiger partial charge in [0.05, 0.1) is 11.8 Å². The Bertz CT molecular complexity index is 1170. The van der Waals surface area contributed by atoms with Crippen LogP contribution in [0.25, 0.3) is 0 Å². The standard InChI is InChI=1S/C26H26NO3P/c1-26(20-10-5-3-6-11-20)22-16-15-19(25(28)23-14-9-17-30-23)18-24(22)31(29,27(26)2)21-12-7-4-8-13-21/h3-19,22,25,28H,1-2H3/t19-,22+,25+,26-,31?/m1/s1. The Labute approximate surface area is 182 Å². The Morgan fingerprint density at radius 3 is 2.32 bits per heavy atom. The van der Waals surface area contributed by atoms with E-state index in [1.807, 2.05) is 67.7 Å². The van der Waals surface area contributed by atoms with Crippen molar-refractivity contribution in [3.63, 3.8) is 0 Å². The number of benzene rings is 2. The van der Waals surface area contributed by atoms with Gasteiger partial charge < -0.3 is 9.52 Å². The molecule has 0 saturated carbocycles. The first-order valence-corrected chi connectivity index (χ1v) is 12.2. The highest BCUT2D eigenvalue weighted by atomic mass is 31.2. The molecule has 1 fully saturated rings. The van der Waals surface area contributed by atoms with E-state index in [0.29, 0.717) is 5.76 Å². The van der Waals surface area contributed by atoms with Crippen LogP contribution >= 0.6 is 7.29 Å². The Kier molecular flexibility index (Phi) is 4.90. The van der Waals surface area contributed by atoms with Crippen molar-refractivity contribution in [1.29, 1.82) is 0 Å². The number of aliphatic hydroxyl groups excluding tert-OH is 1. The molecule has 2 heterocycles. The van der Waals surface area contributed by atoms with Gasteiger partial charge in [-0.3, -0.25) is 4.57 Å². The summed E-state index contributed by atoms with van der Waals surface area (Å²) in [7, 11) is -1.12. The average molecular weight is 431 g/mol. The van der Waals surface area contributed by atoms with E-state index >= 15 is 0 Å². The third-order valence-electron chi connectivity index (χ3n) is 6.92. The number of fused-ring (bicyclic) bond motifs is 1. The predicted molar refractivity (Wildman–Crippen MR) is 123 cm³/mol. The van der Waals surface area contributed by atoms with Gasteiger partial charge in [-0.15, -0.1) is 0 Å². The zero-order valence-electron chi connectivity index (χ0n) is 17.6. The van der Waals surface area contributed by atoms with Crippen LogP contribution in [-0.2, 0) is 10.1 Å². The molecule has 5 heteroatoms. The molecule has 1 saturated heterocycles. The van der Waals surface area contributed by atoms with Crippen molar-refractivity contribution in [3.05, 3.63) is 114 Å². The van der Waals surface area contributed by atoms with Crippen LogP contribution in [-0.4, -0.2) is 16.8 Å². The molecule has 0 bridgehead atoms. The second-order valence-corrected chi connectivity index (χ2v) is 11.2. The first-order valence-electron chi connectivity index (χ1n) is 10.5. The lowest BCUT2D eigenvalue weighted by molar-refractivity contribution is 0.123. The minimum Gasteiger partial charge on any atom is -0.467 e. The Morgan fingerprint density at radius 2 is 1.68 bits per heavy atom. The molecule has 5 rings (SSSR count). The molecule has 1 aliphatic heterocycles. The zero-order valence-corrected chi connectivity index (χ0v) is 18.5. The third kappa shape index (κ3) is 2.94. The van der Waals surface area contributed by atoms with E-state index in [1.165, 1.54) is 0 Å². The maximum atomic E-state index is 14.9. The summed E-state index contributed by atoms with van der Waals surface area (Å²) in [4.78, 5) is 0. The first kappa shape index (κ1) is 20.3. The van der Waals surface area contributed by atoms with Crippen LogP contribution in [0.3, 0.4) is 0 Å². The number of hydrogen-bond donors (Lipinski definition) is 1. The largest absolute Gasteiger partial charge is 0.467 e. The minimum absolute atomic E-state index is 0.0639. The van der Waals surface area contributed by atoms with Gasteiger partial charge in [-0.1, -0.05) is 66.8 Å². The van der Waals surface area contributed by atoms with Crippen molar-refractivity contribution in [2.75, 3.05) is 7.05 Å². The number of aliphatic hydroxyl groups is 1. The van der Waals surface area contributed by atoms with Crippen LogP contribution in [0, 0.1) is 11.8 Å². The van der Waals surface area contributed by atoms with Crippen molar-refractivity contribution in [1.82, 2.24) is 4.67 Å². The van der Waals surface area contributed by atoms with Crippen LogP contribution < -0.4 is 5.30 Å². The van der Waals surface area contributed by atoms with Crippen molar-refractivity contribution in [2.45, 2.75) is 18.6 Å². The molecule has 5 atom stereocenters. The van der Waals surface area contributed by atoms with E-state index in [-0.39, 0.29) is 11.8 Å². The van der Waals surface area contributed by atoms with Gasteiger partial charge in [0.15, 0.2) is 0 Å². The number of rotatable bonds is 4. The van der Waals surface area contributed by atoms with Crippen LogP contribution in [0.1, 0.15) is 24.4 Å². The normalized spacial score (nSPS) is 31.3. The molecule has 0 amide bonds. The predicted octanol–water partition coefficient (Wildman–Crippen LogP) is 5.46. The highest BCUT2D eigenvalue weighted by molar-refractivity contribution is 7.73. The van der Waals surface area contributed by atoms with Gasteiger partial charge >= 0.3 is 0 Å². The topological polar surface area (TPSA) is 53.7 Å². The van der Waals surface area contributed by atoms with E-state index < -0.39 is 18.9 Å². The van der Waals surface area contributed by atoms with Gasteiger partial charge in [0, 0.05) is 22.5 Å². The smallest absolute Gasteiger partial charge is 0.204 e. The van der Waals surface area contributed by atoms with Gasteiger partial charge in [-0.05, 0) is 43.8 Å². The molecule has 0 spiro atoms. The summed E-state index contributed by atoms with van der Waals surface area (Å²) in [6, 6.07) is 23.5. The van der Waals surface area contributed by atoms with Crippen LogP contribution in [0.15, 0.2) is 107 Å². The quantitative estimate of drug-likeness (QED) is 0.440. The molecule has 1 N–H and O–H groups in total. The third-order valence-corrected chi connectivity index (χ3v) is 10.3. The fraction of sp³-hybridized carbons (Fsp3) is 0.231. The Morgan fingerprint density at radius 1 is 1.00 bits per heavy atom. The Hall–Kier alpha value is -2.65. The summed E-state index contributed by atoms with van der Waals surface area (Å²) in [6.45, 7) is 2.16. The lowest BCUT2D eigenvalue weighted by atomic mass is 9.76. The van der Waals surface area contributed by atoms with Crippen molar-refractivity contribution in [3.8, 4) is 0 Å². The zero-order chi connectivity index (χ0) is 21.6. The summed E-state index contributed by atoms with van der Waals surface area (Å²) in [5, 5.41) is 12.6. The summed E-state index contributed by atoms with van der Waals surface area (Å²) in [5.74, 6) is 0.142. The SMILES string of the molecule is CN1[C@](C)(c2ccccc2)[C@H]2C=C[C@@H]([C@H](O)c3ccco3)C=C2P1(=O)c1ccccc1. The summed E-state index contributed by atoms with van der Waals surface area (Å²) >= 11 is 0. The minimum atomic E-state index is -3.08. The molecule has 1 unspecified atom stereocenters. The van der Waals surface area contributed by atoms with E-state index in [1.54, 1.807) is 18.4 Å². The second-order valence-electron chi connectivity index (χ2n) is 8.44. The molecule has 1 aliphatic carbocycles. The first-order chi connectivity index (χ1) is 15.0. The molecule has 0 radical (unpaired) electrons. The summed E-state index contributed by atoms with van der Waals surface area (Å²) < 4.78 is 22.4. The van der Waals surface area contributed by atoms with Crippen molar-refractivity contribution in [2.24, 2.45) is 11.8 Å². The number of furan rings is 1. The van der Waals surface area contributed by atoms with E-state index in [2.05, 4.69) is 29.8 Å². The molecular formula is C26H26NO3P. The molecule has 2 aromatic carbocycles. The fourth-order valence-corrected chi connectivity index (χ4v) is 8.55. The maximum Gasteiger partial charge on any atom is 0.204 e. The Balaban J connectivity index is 1.68. The lowest BCUT2D eigenvalue weighted by Gasteiger charge is -2.37. The van der Waals surface area contributed by atoms with E-state index in [4.69, 9.17) is 4.42 Å². The molecule has 2 aliphatic rings. The van der Waals surface area contributed by atoms with E-state index in [9.17, 15) is 9.67 Å². The monoisotopic (exact) mass is 431 g/mol. The summed E-state index contributed by atoms with van der Waals surface area (Å²) in [5.41, 5.74) is 0.645. The van der Waals surface area contributed by atoms with E-state index in [0.717, 1.165) is 16.2 Å². The van der Waals surface area contributed by atoms with Crippen molar-refractivity contribution >= 4 is 12.6 Å². The number of hydrogen-bond acceptors (Lipinski definition) is 3. The second kappa shape index (κ2) is 7.49. The maximum absolute atomic E-state index is 14.9. The fourth-order valence-electron chi connectivity index (χ4n) is 5.07. The van der Waals surface area contributed by atoms with Crippen molar-refractivity contribution < 1.29 is 14.1 Å². The van der Waals surface area contributed by atoms with Gasteiger partial charge in [0.1, 0.15) is 11.9 Å². The van der Waals surface area contributed by atoms with Crippen LogP contribution in [0.4, 0.5) is 0 Å². The van der Waals surface area contributed by atoms with Crippen LogP contribution in [0.2, 0.25) is 0 Å². The molecule has 4 nitrogen and oxygen atoms in total. The molecule has 3 aromatic rings. The van der Waals surface area contributed by atoms with Gasteiger partial charge in [-0.25, -0.2) is 4.67 Å².